The van der Waals surface area contributed by atoms with Gasteiger partial charge in [0, 0.05) is 42.2 Å². The third-order valence-corrected chi connectivity index (χ3v) is 9.49. The fourth-order valence-electron chi connectivity index (χ4n) is 7.35. The van der Waals surface area contributed by atoms with Crippen LogP contribution in [0.2, 0.25) is 0 Å². The molecule has 0 N–H and O–H groups in total. The first-order valence-electron chi connectivity index (χ1n) is 15.6. The molecule has 4 heterocycles. The molecule has 2 saturated heterocycles. The average Bonchev–Trinajstić information content (AvgIpc) is 3.58. The van der Waals surface area contributed by atoms with E-state index in [1.54, 1.807) is 13.2 Å². The maximum atomic E-state index is 15.1. The van der Waals surface area contributed by atoms with Gasteiger partial charge in [-0.1, -0.05) is 43.3 Å². The van der Waals surface area contributed by atoms with Gasteiger partial charge >= 0.3 is 6.01 Å². The van der Waals surface area contributed by atoms with E-state index >= 15 is 4.39 Å². The minimum atomic E-state index is -0.827. The standard InChI is InChI=1S/C35H38F2N4O3/c1-3-27-29(37)11-10-24-16-26(43-21-23-8-5-4-6-9-23)17-31(32(24)27)40-15-12-28-30(20-40)38-34(39-33(28)42-2)44-22-35-13-7-14-41(35)19-25(36)18-35/h4-6,8-11,16-17,25H,3,7,12-15,18-22H2,1-2H3/t25-,35+/m1/s1. The maximum Gasteiger partial charge on any atom is 0.320 e. The van der Waals surface area contributed by atoms with Gasteiger partial charge in [0.1, 0.15) is 31.0 Å². The van der Waals surface area contributed by atoms with Crippen molar-refractivity contribution >= 4 is 16.5 Å². The molecule has 0 aliphatic carbocycles. The van der Waals surface area contributed by atoms with E-state index in [9.17, 15) is 4.39 Å². The fraction of sp³-hybridized carbons (Fsp3) is 0.429. The molecule has 230 valence electrons. The molecule has 0 spiro atoms. The first-order valence-corrected chi connectivity index (χ1v) is 15.6. The van der Waals surface area contributed by atoms with Crippen LogP contribution >= 0.6 is 0 Å². The second-order valence-electron chi connectivity index (χ2n) is 12.2. The van der Waals surface area contributed by atoms with Crippen LogP contribution in [-0.4, -0.2) is 59.9 Å². The van der Waals surface area contributed by atoms with E-state index in [0.29, 0.717) is 63.6 Å². The summed E-state index contributed by atoms with van der Waals surface area (Å²) in [5.41, 5.74) is 4.14. The van der Waals surface area contributed by atoms with Gasteiger partial charge in [0.2, 0.25) is 5.88 Å². The number of aryl methyl sites for hydroxylation is 1. The maximum absolute atomic E-state index is 15.1. The van der Waals surface area contributed by atoms with Crippen molar-refractivity contribution in [2.45, 2.75) is 63.9 Å². The van der Waals surface area contributed by atoms with E-state index < -0.39 is 6.17 Å². The number of benzene rings is 3. The molecule has 0 amide bonds. The van der Waals surface area contributed by atoms with Gasteiger partial charge in [0.05, 0.1) is 24.9 Å². The van der Waals surface area contributed by atoms with Gasteiger partial charge in [-0.15, -0.1) is 0 Å². The number of nitrogens with zero attached hydrogens (tertiary/aromatic N) is 4. The van der Waals surface area contributed by atoms with Gasteiger partial charge in [-0.05, 0) is 60.9 Å². The molecule has 0 bridgehead atoms. The molecule has 0 unspecified atom stereocenters. The minimum absolute atomic E-state index is 0.209. The van der Waals surface area contributed by atoms with E-state index in [-0.39, 0.29) is 17.4 Å². The molecule has 2 fully saturated rings. The van der Waals surface area contributed by atoms with Gasteiger partial charge in [-0.2, -0.15) is 9.97 Å². The summed E-state index contributed by atoms with van der Waals surface area (Å²) in [5.74, 6) is 1.02. The summed E-state index contributed by atoms with van der Waals surface area (Å²) in [5, 5.41) is 1.82. The van der Waals surface area contributed by atoms with E-state index in [4.69, 9.17) is 19.2 Å². The third kappa shape index (κ3) is 5.31. The molecule has 9 heteroatoms. The molecular formula is C35H38F2N4O3. The Kier molecular flexibility index (Phi) is 7.74. The zero-order valence-electron chi connectivity index (χ0n) is 25.3. The zero-order chi connectivity index (χ0) is 30.3. The van der Waals surface area contributed by atoms with Gasteiger partial charge in [-0.25, -0.2) is 8.78 Å². The second kappa shape index (κ2) is 11.8. The van der Waals surface area contributed by atoms with Crippen molar-refractivity contribution in [1.29, 1.82) is 0 Å². The summed E-state index contributed by atoms with van der Waals surface area (Å²) >= 11 is 0. The molecule has 0 saturated carbocycles. The van der Waals surface area contributed by atoms with Crippen LogP contribution in [0.3, 0.4) is 0 Å². The van der Waals surface area contributed by atoms with Crippen molar-refractivity contribution in [3.05, 3.63) is 82.8 Å². The number of rotatable bonds is 9. The Morgan fingerprint density at radius 3 is 2.73 bits per heavy atom. The fourth-order valence-corrected chi connectivity index (χ4v) is 7.35. The van der Waals surface area contributed by atoms with Crippen molar-refractivity contribution in [3.8, 4) is 17.6 Å². The number of fused-ring (bicyclic) bond motifs is 3. The van der Waals surface area contributed by atoms with E-state index in [1.165, 1.54) is 0 Å². The summed E-state index contributed by atoms with van der Waals surface area (Å²) in [6, 6.07) is 17.7. The largest absolute Gasteiger partial charge is 0.489 e. The lowest BCUT2D eigenvalue weighted by Crippen LogP contribution is -2.43. The lowest BCUT2D eigenvalue weighted by molar-refractivity contribution is 0.106. The smallest absolute Gasteiger partial charge is 0.320 e. The van der Waals surface area contributed by atoms with Crippen molar-refractivity contribution in [2.24, 2.45) is 0 Å². The predicted molar refractivity (Wildman–Crippen MR) is 166 cm³/mol. The lowest BCUT2D eigenvalue weighted by Gasteiger charge is -2.33. The average molecular weight is 601 g/mol. The molecule has 7 nitrogen and oxygen atoms in total. The van der Waals surface area contributed by atoms with Crippen LogP contribution in [0.25, 0.3) is 10.8 Å². The van der Waals surface area contributed by atoms with Crippen molar-refractivity contribution in [2.75, 3.05) is 38.3 Å². The first kappa shape index (κ1) is 28.8. The van der Waals surface area contributed by atoms with E-state index in [0.717, 1.165) is 58.4 Å². The molecule has 3 aliphatic rings. The van der Waals surface area contributed by atoms with Crippen LogP contribution in [0.15, 0.2) is 54.6 Å². The van der Waals surface area contributed by atoms with Crippen LogP contribution in [0.4, 0.5) is 14.5 Å². The van der Waals surface area contributed by atoms with Gasteiger partial charge in [0.15, 0.2) is 0 Å². The topological polar surface area (TPSA) is 60.0 Å². The second-order valence-corrected chi connectivity index (χ2v) is 12.2. The molecule has 7 rings (SSSR count). The highest BCUT2D eigenvalue weighted by Crippen LogP contribution is 2.41. The summed E-state index contributed by atoms with van der Waals surface area (Å²) in [6.45, 7) is 5.29. The molecule has 1 aromatic heterocycles. The number of methoxy groups -OCH3 is 1. The summed E-state index contributed by atoms with van der Waals surface area (Å²) in [4.78, 5) is 13.9. The van der Waals surface area contributed by atoms with Crippen LogP contribution < -0.4 is 19.1 Å². The van der Waals surface area contributed by atoms with Crippen molar-refractivity contribution in [1.82, 2.24) is 14.9 Å². The number of anilines is 1. The Morgan fingerprint density at radius 1 is 1.05 bits per heavy atom. The molecule has 3 aliphatic heterocycles. The predicted octanol–water partition coefficient (Wildman–Crippen LogP) is 6.44. The van der Waals surface area contributed by atoms with E-state index in [2.05, 4.69) is 14.8 Å². The van der Waals surface area contributed by atoms with Gasteiger partial charge in [0.25, 0.3) is 0 Å². The van der Waals surface area contributed by atoms with Crippen molar-refractivity contribution < 1.29 is 23.0 Å². The number of alkyl halides is 1. The van der Waals surface area contributed by atoms with Crippen LogP contribution in [0.5, 0.6) is 17.6 Å². The Labute approximate surface area is 256 Å². The van der Waals surface area contributed by atoms with Crippen LogP contribution in [0.1, 0.15) is 48.6 Å². The molecular weight excluding hydrogens is 562 g/mol. The molecule has 0 radical (unpaired) electrons. The van der Waals surface area contributed by atoms with Crippen molar-refractivity contribution in [3.63, 3.8) is 0 Å². The number of aromatic nitrogens is 2. The zero-order valence-corrected chi connectivity index (χ0v) is 25.3. The summed E-state index contributed by atoms with van der Waals surface area (Å²) < 4.78 is 47.6. The Balaban J connectivity index is 1.21. The SMILES string of the molecule is CCc1c(F)ccc2cc(OCc3ccccc3)cc(N3CCc4c(nc(OC[C@@]56CCCN5C[C@H](F)C6)nc4OC)C3)c12. The van der Waals surface area contributed by atoms with Gasteiger partial charge < -0.3 is 19.1 Å². The third-order valence-electron chi connectivity index (χ3n) is 9.49. The highest BCUT2D eigenvalue weighted by molar-refractivity contribution is 5.98. The first-order chi connectivity index (χ1) is 21.5. The lowest BCUT2D eigenvalue weighted by atomic mass is 9.95. The highest BCUT2D eigenvalue weighted by atomic mass is 19.1. The van der Waals surface area contributed by atoms with Gasteiger partial charge in [-0.3, -0.25) is 4.90 Å². The Hall–Kier alpha value is -3.98. The number of halogens is 2. The van der Waals surface area contributed by atoms with Crippen LogP contribution in [-0.2, 0) is 26.0 Å². The normalized spacial score (nSPS) is 21.4. The quantitative estimate of drug-likeness (QED) is 0.219. The monoisotopic (exact) mass is 600 g/mol. The summed E-state index contributed by atoms with van der Waals surface area (Å²) in [6.07, 6.45) is 2.84. The Morgan fingerprint density at radius 2 is 1.91 bits per heavy atom. The van der Waals surface area contributed by atoms with E-state index in [1.807, 2.05) is 55.5 Å². The number of hydrogen-bond donors (Lipinski definition) is 0. The highest BCUT2D eigenvalue weighted by Gasteiger charge is 2.49. The minimum Gasteiger partial charge on any atom is -0.489 e. The van der Waals surface area contributed by atoms with Crippen LogP contribution in [0, 0.1) is 5.82 Å². The molecule has 2 atom stereocenters. The molecule has 44 heavy (non-hydrogen) atoms. The molecule has 3 aromatic carbocycles. The Bertz CT molecular complexity index is 1670. The molecule has 4 aromatic rings. The number of hydrogen-bond acceptors (Lipinski definition) is 7. The summed E-state index contributed by atoms with van der Waals surface area (Å²) in [7, 11) is 1.61. The number of ether oxygens (including phenoxy) is 3.